The number of aromatic nitrogens is 2. The van der Waals surface area contributed by atoms with Crippen LogP contribution in [0.1, 0.15) is 5.69 Å². The molecule has 2 aromatic rings. The highest BCUT2D eigenvalue weighted by Gasteiger charge is 1.74. The molecule has 2 heterocycles. The molecular weight excluding hydrogens is 160 g/mol. The zero-order chi connectivity index (χ0) is 9.36. The van der Waals surface area contributed by atoms with E-state index in [4.69, 9.17) is 0 Å². The lowest BCUT2D eigenvalue weighted by molar-refractivity contribution is 1.19. The van der Waals surface area contributed by atoms with Gasteiger partial charge in [0.15, 0.2) is 0 Å². The number of hydrogen-bond donors (Lipinski definition) is 0. The molecule has 0 aromatic carbocycles. The minimum absolute atomic E-state index is 1.02. The first-order valence-electron chi connectivity index (χ1n) is 3.95. The molecule has 0 aliphatic rings. The average Bonchev–Trinajstić information content (AvgIpc) is 2.22. The monoisotopic (exact) mass is 170 g/mol. The molecule has 13 heavy (non-hydrogen) atoms. The fraction of sp³-hybridized carbons (Fsp3) is 0.0909. The topological polar surface area (TPSA) is 25.8 Å². The second-order valence-corrected chi connectivity index (χ2v) is 2.36. The van der Waals surface area contributed by atoms with Gasteiger partial charge in [-0.15, -0.1) is 0 Å². The third kappa shape index (κ3) is 4.69. The Hall–Kier alpha value is -1.70. The van der Waals surface area contributed by atoms with Crippen LogP contribution >= 0.6 is 0 Å². The van der Waals surface area contributed by atoms with Crippen LogP contribution < -0.4 is 0 Å². The first kappa shape index (κ1) is 9.39. The van der Waals surface area contributed by atoms with Gasteiger partial charge in [-0.05, 0) is 25.1 Å². The predicted molar refractivity (Wildman–Crippen MR) is 50.9 cm³/mol. The summed E-state index contributed by atoms with van der Waals surface area (Å²) in [6, 6.07) is 12.1. The lowest BCUT2D eigenvalue weighted by Gasteiger charge is -1.81. The van der Waals surface area contributed by atoms with Crippen molar-refractivity contribution in [3.63, 3.8) is 0 Å². The third-order valence-corrected chi connectivity index (χ3v) is 1.26. The Morgan fingerprint density at radius 3 is 2.38 bits per heavy atom. The molecule has 0 N–H and O–H groups in total. The van der Waals surface area contributed by atoms with E-state index in [2.05, 4.69) is 22.2 Å². The maximum atomic E-state index is 3.85. The number of nitrogens with zero attached hydrogens (tertiary/aromatic N) is 2. The predicted octanol–water partition coefficient (Wildman–Crippen LogP) is 2.07. The maximum absolute atomic E-state index is 3.85. The fourth-order valence-corrected chi connectivity index (χ4v) is 0.684. The average molecular weight is 170 g/mol. The summed E-state index contributed by atoms with van der Waals surface area (Å²) in [6.45, 7) is 1.94. The molecule has 0 unspecified atom stereocenters. The smallest absolute Gasteiger partial charge is 0.0889 e. The molecule has 0 atom stereocenters. The van der Waals surface area contributed by atoms with Gasteiger partial charge < -0.3 is 0 Å². The Bertz CT molecular complexity index is 279. The zero-order valence-corrected chi connectivity index (χ0v) is 7.44. The van der Waals surface area contributed by atoms with Crippen molar-refractivity contribution in [3.8, 4) is 0 Å². The highest BCUT2D eigenvalue weighted by atomic mass is 14.6. The number of pyridine rings is 2. The zero-order valence-electron chi connectivity index (χ0n) is 7.44. The Labute approximate surface area is 78.3 Å². The Morgan fingerprint density at radius 2 is 2.15 bits per heavy atom. The van der Waals surface area contributed by atoms with E-state index >= 15 is 0 Å². The lowest BCUT2D eigenvalue weighted by atomic mass is 10.4. The van der Waals surface area contributed by atoms with Crippen molar-refractivity contribution < 1.29 is 0 Å². The second-order valence-electron chi connectivity index (χ2n) is 2.36. The van der Waals surface area contributed by atoms with Crippen LogP contribution in [0.2, 0.25) is 0 Å². The molecule has 2 nitrogen and oxygen atoms in total. The molecule has 0 saturated heterocycles. The van der Waals surface area contributed by atoms with Gasteiger partial charge >= 0.3 is 0 Å². The highest BCUT2D eigenvalue weighted by molar-refractivity contribution is 4.99. The Kier molecular flexibility index (Phi) is 4.25. The lowest BCUT2D eigenvalue weighted by Crippen LogP contribution is -1.73. The van der Waals surface area contributed by atoms with Gasteiger partial charge in [-0.3, -0.25) is 9.97 Å². The number of aryl methyl sites for hydroxylation is 1. The normalized spacial score (nSPS) is 8.38. The Morgan fingerprint density at radius 1 is 1.23 bits per heavy atom. The summed E-state index contributed by atoms with van der Waals surface area (Å²) in [5, 5.41) is 0. The van der Waals surface area contributed by atoms with Gasteiger partial charge in [-0.25, -0.2) is 0 Å². The molecule has 0 saturated carbocycles. The number of hydrogen-bond acceptors (Lipinski definition) is 2. The van der Waals surface area contributed by atoms with Crippen molar-refractivity contribution in [2.24, 2.45) is 0 Å². The third-order valence-electron chi connectivity index (χ3n) is 1.26. The molecule has 0 aliphatic heterocycles. The van der Waals surface area contributed by atoms with Crippen molar-refractivity contribution in [2.45, 2.75) is 6.92 Å². The van der Waals surface area contributed by atoms with Gasteiger partial charge in [0.1, 0.15) is 0 Å². The van der Waals surface area contributed by atoms with E-state index in [-0.39, 0.29) is 0 Å². The van der Waals surface area contributed by atoms with Gasteiger partial charge in [0.25, 0.3) is 0 Å². The molecule has 0 bridgehead atoms. The van der Waals surface area contributed by atoms with E-state index in [0.717, 1.165) is 5.69 Å². The largest absolute Gasteiger partial charge is 0.264 e. The Balaban J connectivity index is 0.000000132. The summed E-state index contributed by atoms with van der Waals surface area (Å²) in [5.41, 5.74) is 1.02. The van der Waals surface area contributed by atoms with E-state index in [9.17, 15) is 0 Å². The molecule has 0 aliphatic carbocycles. The van der Waals surface area contributed by atoms with Crippen LogP contribution in [0.4, 0.5) is 0 Å². The minimum atomic E-state index is 1.02. The minimum Gasteiger partial charge on any atom is -0.264 e. The van der Waals surface area contributed by atoms with Crippen LogP contribution in [0.3, 0.4) is 0 Å². The number of rotatable bonds is 0. The van der Waals surface area contributed by atoms with Gasteiger partial charge in [0, 0.05) is 24.2 Å². The van der Waals surface area contributed by atoms with Crippen molar-refractivity contribution in [1.29, 1.82) is 0 Å². The molecule has 0 spiro atoms. The fourth-order valence-electron chi connectivity index (χ4n) is 0.684. The quantitative estimate of drug-likeness (QED) is 0.605. The van der Waals surface area contributed by atoms with Crippen LogP contribution in [-0.2, 0) is 0 Å². The summed E-state index contributed by atoms with van der Waals surface area (Å²) in [5.74, 6) is 0. The van der Waals surface area contributed by atoms with E-state index in [0.29, 0.717) is 0 Å². The van der Waals surface area contributed by atoms with E-state index < -0.39 is 0 Å². The van der Waals surface area contributed by atoms with Crippen molar-refractivity contribution in [2.75, 3.05) is 0 Å². The molecule has 0 fully saturated rings. The summed E-state index contributed by atoms with van der Waals surface area (Å²) < 4.78 is 0. The molecule has 2 rings (SSSR count). The van der Waals surface area contributed by atoms with Crippen molar-refractivity contribution >= 4 is 0 Å². The molecule has 2 aromatic heterocycles. The first-order valence-corrected chi connectivity index (χ1v) is 3.95. The van der Waals surface area contributed by atoms with Crippen molar-refractivity contribution in [1.82, 2.24) is 9.97 Å². The van der Waals surface area contributed by atoms with Crippen LogP contribution in [0.25, 0.3) is 0 Å². The van der Waals surface area contributed by atoms with Crippen LogP contribution in [0.5, 0.6) is 0 Å². The van der Waals surface area contributed by atoms with Crippen LogP contribution in [-0.4, -0.2) is 9.97 Å². The summed E-state index contributed by atoms with van der Waals surface area (Å²) in [4.78, 5) is 7.58. The van der Waals surface area contributed by atoms with E-state index in [1.165, 1.54) is 0 Å². The summed E-state index contributed by atoms with van der Waals surface area (Å²) in [6.07, 6.45) is 6.05. The molecule has 64 valence electrons. The van der Waals surface area contributed by atoms with Gasteiger partial charge in [-0.1, -0.05) is 12.1 Å². The molecule has 0 amide bonds. The van der Waals surface area contributed by atoms with Crippen LogP contribution in [0.15, 0.2) is 42.7 Å². The molecule has 2 heteroatoms. The van der Waals surface area contributed by atoms with E-state index in [1.807, 2.05) is 31.2 Å². The van der Waals surface area contributed by atoms with Gasteiger partial charge in [-0.2, -0.15) is 0 Å². The van der Waals surface area contributed by atoms with E-state index in [1.54, 1.807) is 18.5 Å². The second kappa shape index (κ2) is 5.89. The van der Waals surface area contributed by atoms with Gasteiger partial charge in [0.05, 0.1) is 6.20 Å². The highest BCUT2D eigenvalue weighted by Crippen LogP contribution is 1.85. The van der Waals surface area contributed by atoms with Crippen molar-refractivity contribution in [3.05, 3.63) is 60.7 Å². The maximum Gasteiger partial charge on any atom is 0.0889 e. The van der Waals surface area contributed by atoms with Crippen LogP contribution in [0, 0.1) is 19.2 Å². The standard InChI is InChI=1S/C6H6N.C5H4N/c1-6-4-2-3-5-7-6;1-2-4-6-5-3-1/h2-4H,1H3;1-2,4-5H. The summed E-state index contributed by atoms with van der Waals surface area (Å²) >= 11 is 0. The molecular formula is C11H10N2. The molecule has 2 radical (unpaired) electrons. The summed E-state index contributed by atoms with van der Waals surface area (Å²) in [7, 11) is 0. The first-order chi connectivity index (χ1) is 6.39. The SMILES string of the molecule is Cc1ccc[c]n1.[c]1cccnc1. The van der Waals surface area contributed by atoms with Gasteiger partial charge in [0.2, 0.25) is 0 Å².